The third kappa shape index (κ3) is 43.4. The lowest BCUT2D eigenvalue weighted by Crippen LogP contribution is -2.30. The number of unbranched alkanes of at least 4 members (excludes halogenated alkanes) is 31. The molecule has 6 nitrogen and oxygen atoms in total. The van der Waals surface area contributed by atoms with Gasteiger partial charge in [0.2, 0.25) is 0 Å². The third-order valence-electron chi connectivity index (χ3n) is 11.0. The summed E-state index contributed by atoms with van der Waals surface area (Å²) in [7, 11) is 0. The lowest BCUT2D eigenvalue weighted by molar-refractivity contribution is -0.167. The molecule has 0 rings (SSSR count). The molecule has 0 fully saturated rings. The first kappa shape index (κ1) is 53.4. The third-order valence-corrected chi connectivity index (χ3v) is 11.0. The first-order valence-corrected chi connectivity index (χ1v) is 24.4. The van der Waals surface area contributed by atoms with Crippen LogP contribution in [-0.4, -0.2) is 37.2 Å². The van der Waals surface area contributed by atoms with E-state index >= 15 is 0 Å². The van der Waals surface area contributed by atoms with Crippen molar-refractivity contribution in [3.63, 3.8) is 0 Å². The number of carbonyl (C=O) groups is 3. The Labute approximate surface area is 342 Å². The number of hydrogen-bond donors (Lipinski definition) is 0. The van der Waals surface area contributed by atoms with E-state index in [4.69, 9.17) is 14.2 Å². The van der Waals surface area contributed by atoms with Crippen LogP contribution in [0.3, 0.4) is 0 Å². The summed E-state index contributed by atoms with van der Waals surface area (Å²) in [5, 5.41) is 0. The van der Waals surface area contributed by atoms with Crippen molar-refractivity contribution in [1.29, 1.82) is 0 Å². The Hall–Kier alpha value is -1.59. The lowest BCUT2D eigenvalue weighted by atomic mass is 10.0. The largest absolute Gasteiger partial charge is 0.462 e. The Bertz CT molecular complexity index is 826. The molecule has 0 unspecified atom stereocenters. The number of carbonyl (C=O) groups excluding carboxylic acids is 3. The molecular formula is C49H94O6. The van der Waals surface area contributed by atoms with Gasteiger partial charge in [0.1, 0.15) is 13.2 Å². The van der Waals surface area contributed by atoms with Crippen LogP contribution in [0.1, 0.15) is 272 Å². The Morgan fingerprint density at radius 3 is 0.891 bits per heavy atom. The predicted octanol–water partition coefficient (Wildman–Crippen LogP) is 15.5. The maximum atomic E-state index is 12.7. The maximum absolute atomic E-state index is 12.7. The topological polar surface area (TPSA) is 78.9 Å². The van der Waals surface area contributed by atoms with Crippen LogP contribution in [0.5, 0.6) is 0 Å². The lowest BCUT2D eigenvalue weighted by Gasteiger charge is -2.18. The minimum atomic E-state index is -0.760. The van der Waals surface area contributed by atoms with Crippen molar-refractivity contribution in [2.24, 2.45) is 5.92 Å². The fourth-order valence-electron chi connectivity index (χ4n) is 7.33. The van der Waals surface area contributed by atoms with E-state index in [9.17, 15) is 14.4 Å². The molecule has 0 N–H and O–H groups in total. The van der Waals surface area contributed by atoms with E-state index in [1.165, 1.54) is 167 Å². The van der Waals surface area contributed by atoms with Crippen LogP contribution >= 0.6 is 0 Å². The number of ether oxygens (including phenoxy) is 3. The molecule has 0 aromatic heterocycles. The molecule has 0 radical (unpaired) electrons. The van der Waals surface area contributed by atoms with Gasteiger partial charge in [0.15, 0.2) is 6.10 Å². The van der Waals surface area contributed by atoms with Gasteiger partial charge >= 0.3 is 17.9 Å². The SMILES string of the molecule is CCCCCCCCCCCCCCCCCCCC(=O)OC[C@@H](COC(=O)CCCCCCCCC(C)C)OC(=O)CCCCCCCCCCCCC. The smallest absolute Gasteiger partial charge is 0.306 e. The monoisotopic (exact) mass is 779 g/mol. The van der Waals surface area contributed by atoms with Crippen LogP contribution in [-0.2, 0) is 28.6 Å². The minimum absolute atomic E-state index is 0.0640. The van der Waals surface area contributed by atoms with Crippen LogP contribution in [0.4, 0.5) is 0 Å². The first-order valence-electron chi connectivity index (χ1n) is 24.4. The Balaban J connectivity index is 4.24. The highest BCUT2D eigenvalue weighted by atomic mass is 16.6. The molecule has 0 saturated heterocycles. The van der Waals surface area contributed by atoms with E-state index in [0.29, 0.717) is 19.3 Å². The van der Waals surface area contributed by atoms with Crippen molar-refractivity contribution >= 4 is 17.9 Å². The molecule has 0 spiro atoms. The van der Waals surface area contributed by atoms with Crippen LogP contribution in [0, 0.1) is 5.92 Å². The van der Waals surface area contributed by atoms with E-state index in [2.05, 4.69) is 27.7 Å². The molecule has 0 aromatic rings. The van der Waals surface area contributed by atoms with Gasteiger partial charge in [-0.15, -0.1) is 0 Å². The van der Waals surface area contributed by atoms with Crippen molar-refractivity contribution in [1.82, 2.24) is 0 Å². The summed E-state index contributed by atoms with van der Waals surface area (Å²) in [5.41, 5.74) is 0. The van der Waals surface area contributed by atoms with Crippen molar-refractivity contribution in [2.45, 2.75) is 278 Å². The highest BCUT2D eigenvalue weighted by Gasteiger charge is 2.19. The van der Waals surface area contributed by atoms with Crippen molar-refractivity contribution in [3.8, 4) is 0 Å². The average Bonchev–Trinajstić information content (AvgIpc) is 3.17. The molecule has 0 amide bonds. The van der Waals surface area contributed by atoms with Crippen LogP contribution in [0.25, 0.3) is 0 Å². The molecule has 0 aliphatic carbocycles. The van der Waals surface area contributed by atoms with Crippen LogP contribution < -0.4 is 0 Å². The summed E-state index contributed by atoms with van der Waals surface area (Å²) in [4.78, 5) is 37.7. The Morgan fingerprint density at radius 1 is 0.345 bits per heavy atom. The van der Waals surface area contributed by atoms with E-state index in [1.54, 1.807) is 0 Å². The van der Waals surface area contributed by atoms with Gasteiger partial charge in [0, 0.05) is 19.3 Å². The number of hydrogen-bond acceptors (Lipinski definition) is 6. The Morgan fingerprint density at radius 2 is 0.600 bits per heavy atom. The molecule has 326 valence electrons. The normalized spacial score (nSPS) is 11.9. The van der Waals surface area contributed by atoms with Gasteiger partial charge in [-0.05, 0) is 25.2 Å². The summed E-state index contributed by atoms with van der Waals surface area (Å²) < 4.78 is 16.7. The van der Waals surface area contributed by atoms with Gasteiger partial charge in [-0.25, -0.2) is 0 Å². The van der Waals surface area contributed by atoms with Gasteiger partial charge in [0.05, 0.1) is 0 Å². The second-order valence-corrected chi connectivity index (χ2v) is 17.2. The zero-order valence-electron chi connectivity index (χ0n) is 37.4. The molecule has 6 heteroatoms. The standard InChI is InChI=1S/C49H94O6/c1-5-7-9-11-13-15-17-18-19-20-21-22-24-25-27-32-36-40-47(50)53-43-46(44-54-48(51)41-37-33-30-29-31-35-39-45(3)4)55-49(52)42-38-34-28-26-23-16-14-12-10-8-6-2/h45-46H,5-44H2,1-4H3/t46-/m0/s1. The summed E-state index contributed by atoms with van der Waals surface area (Å²) in [5.74, 6) is -0.0914. The molecule has 0 aromatic carbocycles. The molecule has 0 aliphatic heterocycles. The maximum Gasteiger partial charge on any atom is 0.306 e. The molecule has 1 atom stereocenters. The van der Waals surface area contributed by atoms with Crippen molar-refractivity contribution in [2.75, 3.05) is 13.2 Å². The Kier molecular flexibility index (Phi) is 42.3. The zero-order valence-corrected chi connectivity index (χ0v) is 37.4. The highest BCUT2D eigenvalue weighted by Crippen LogP contribution is 2.16. The van der Waals surface area contributed by atoms with Crippen molar-refractivity contribution in [3.05, 3.63) is 0 Å². The summed E-state index contributed by atoms with van der Waals surface area (Å²) in [6.07, 6.45) is 43.9. The van der Waals surface area contributed by atoms with Crippen LogP contribution in [0.2, 0.25) is 0 Å². The second kappa shape index (κ2) is 43.5. The predicted molar refractivity (Wildman–Crippen MR) is 233 cm³/mol. The number of esters is 3. The molecule has 0 bridgehead atoms. The van der Waals surface area contributed by atoms with Crippen molar-refractivity contribution < 1.29 is 28.6 Å². The van der Waals surface area contributed by atoms with E-state index in [-0.39, 0.29) is 31.1 Å². The quantitative estimate of drug-likeness (QED) is 0.0348. The molecule has 0 saturated carbocycles. The summed E-state index contributed by atoms with van der Waals surface area (Å²) in [6, 6.07) is 0. The molecule has 0 aliphatic rings. The van der Waals surface area contributed by atoms with Gasteiger partial charge in [-0.3, -0.25) is 14.4 Å². The van der Waals surface area contributed by atoms with Crippen LogP contribution in [0.15, 0.2) is 0 Å². The van der Waals surface area contributed by atoms with Gasteiger partial charge in [0.25, 0.3) is 0 Å². The average molecular weight is 779 g/mol. The van der Waals surface area contributed by atoms with E-state index < -0.39 is 6.10 Å². The summed E-state index contributed by atoms with van der Waals surface area (Å²) in [6.45, 7) is 8.94. The van der Waals surface area contributed by atoms with Gasteiger partial charge in [-0.1, -0.05) is 233 Å². The highest BCUT2D eigenvalue weighted by molar-refractivity contribution is 5.71. The molecular weight excluding hydrogens is 685 g/mol. The van der Waals surface area contributed by atoms with Gasteiger partial charge in [-0.2, -0.15) is 0 Å². The number of rotatable bonds is 44. The zero-order chi connectivity index (χ0) is 40.3. The molecule has 55 heavy (non-hydrogen) atoms. The minimum Gasteiger partial charge on any atom is -0.462 e. The molecule has 0 heterocycles. The first-order chi connectivity index (χ1) is 26.9. The van der Waals surface area contributed by atoms with E-state index in [1.807, 2.05) is 0 Å². The van der Waals surface area contributed by atoms with E-state index in [0.717, 1.165) is 63.7 Å². The summed E-state index contributed by atoms with van der Waals surface area (Å²) >= 11 is 0. The van der Waals surface area contributed by atoms with Gasteiger partial charge < -0.3 is 14.2 Å². The second-order valence-electron chi connectivity index (χ2n) is 17.2. The fourth-order valence-corrected chi connectivity index (χ4v) is 7.33. The fraction of sp³-hybridized carbons (Fsp3) is 0.939.